The van der Waals surface area contributed by atoms with E-state index in [0.717, 1.165) is 32.5 Å². The van der Waals surface area contributed by atoms with Crippen molar-refractivity contribution in [2.45, 2.75) is 44.1 Å². The number of rotatable bonds is 1. The number of hydrogen-bond donors (Lipinski definition) is 1. The van der Waals surface area contributed by atoms with Gasteiger partial charge in [-0.05, 0) is 61.6 Å². The van der Waals surface area contributed by atoms with E-state index in [-0.39, 0.29) is 5.92 Å². The van der Waals surface area contributed by atoms with E-state index in [1.165, 1.54) is 29.7 Å². The highest BCUT2D eigenvalue weighted by atomic mass is 32.1. The molecule has 0 aromatic carbocycles. The van der Waals surface area contributed by atoms with E-state index in [2.05, 4.69) is 21.7 Å². The van der Waals surface area contributed by atoms with Crippen LogP contribution in [-0.2, 0) is 11.2 Å². The highest BCUT2D eigenvalue weighted by molar-refractivity contribution is 7.10. The van der Waals surface area contributed by atoms with Gasteiger partial charge in [-0.1, -0.05) is 0 Å². The predicted molar refractivity (Wildman–Crippen MR) is 81.1 cm³/mol. The van der Waals surface area contributed by atoms with Crippen LogP contribution in [0.3, 0.4) is 0 Å². The molecule has 0 bridgehead atoms. The maximum Gasteiger partial charge on any atom is 0.230 e. The lowest BCUT2D eigenvalue weighted by Crippen LogP contribution is -2.48. The Balaban J connectivity index is 1.51. The van der Waals surface area contributed by atoms with Crippen LogP contribution in [0.5, 0.6) is 0 Å². The standard InChI is InChI=1S/C16H22N2OS/c19-16(13-2-1-3-15-12(13)6-9-20-15)18-8-5-14-11(10-18)4-7-17-14/h6,9,11,13-14,17H,1-5,7-8,10H2. The number of fused-ring (bicyclic) bond motifs is 2. The number of hydrogen-bond acceptors (Lipinski definition) is 3. The van der Waals surface area contributed by atoms with Gasteiger partial charge in [0.15, 0.2) is 0 Å². The SMILES string of the molecule is O=C(C1CCCc2sccc21)N1CCC2NCCC2C1. The first kappa shape index (κ1) is 12.8. The van der Waals surface area contributed by atoms with Gasteiger partial charge in [0, 0.05) is 24.0 Å². The lowest BCUT2D eigenvalue weighted by molar-refractivity contribution is -0.135. The number of amides is 1. The Bertz CT molecular complexity index is 512. The molecule has 4 heteroatoms. The molecule has 3 nitrogen and oxygen atoms in total. The molecule has 20 heavy (non-hydrogen) atoms. The molecule has 3 atom stereocenters. The van der Waals surface area contributed by atoms with Crippen LogP contribution in [-0.4, -0.2) is 36.5 Å². The zero-order chi connectivity index (χ0) is 13.5. The zero-order valence-corrected chi connectivity index (χ0v) is 12.6. The third-order valence-electron chi connectivity index (χ3n) is 5.32. The summed E-state index contributed by atoms with van der Waals surface area (Å²) in [5.41, 5.74) is 1.33. The van der Waals surface area contributed by atoms with Gasteiger partial charge >= 0.3 is 0 Å². The minimum absolute atomic E-state index is 0.149. The third-order valence-corrected chi connectivity index (χ3v) is 6.31. The minimum atomic E-state index is 0.149. The molecule has 1 aromatic heterocycles. The van der Waals surface area contributed by atoms with Crippen LogP contribution < -0.4 is 5.32 Å². The van der Waals surface area contributed by atoms with Crippen LogP contribution >= 0.6 is 11.3 Å². The number of nitrogens with zero attached hydrogens (tertiary/aromatic N) is 1. The van der Waals surface area contributed by atoms with Crippen LogP contribution in [0.25, 0.3) is 0 Å². The van der Waals surface area contributed by atoms with Crippen LogP contribution in [0, 0.1) is 5.92 Å². The summed E-state index contributed by atoms with van der Waals surface area (Å²) in [6, 6.07) is 2.85. The fourth-order valence-corrected chi connectivity index (χ4v) is 5.20. The molecule has 3 aliphatic rings. The number of nitrogens with one attached hydrogen (secondary N) is 1. The zero-order valence-electron chi connectivity index (χ0n) is 11.8. The van der Waals surface area contributed by atoms with Crippen molar-refractivity contribution in [2.24, 2.45) is 5.92 Å². The summed E-state index contributed by atoms with van der Waals surface area (Å²) in [7, 11) is 0. The van der Waals surface area contributed by atoms with Gasteiger partial charge in [-0.15, -0.1) is 11.3 Å². The summed E-state index contributed by atoms with van der Waals surface area (Å²) < 4.78 is 0. The Hall–Kier alpha value is -0.870. The Morgan fingerprint density at radius 3 is 3.25 bits per heavy atom. The molecule has 2 saturated heterocycles. The molecule has 4 rings (SSSR count). The second kappa shape index (κ2) is 5.15. The van der Waals surface area contributed by atoms with Crippen molar-refractivity contribution in [2.75, 3.05) is 19.6 Å². The topological polar surface area (TPSA) is 32.3 Å². The number of carbonyl (C=O) groups is 1. The molecule has 2 fully saturated rings. The molecule has 3 unspecified atom stereocenters. The summed E-state index contributed by atoms with van der Waals surface area (Å²) in [6.07, 6.45) is 5.77. The van der Waals surface area contributed by atoms with E-state index in [1.807, 2.05) is 11.3 Å². The second-order valence-electron chi connectivity index (χ2n) is 6.43. The lowest BCUT2D eigenvalue weighted by atomic mass is 9.85. The van der Waals surface area contributed by atoms with E-state index in [0.29, 0.717) is 17.9 Å². The van der Waals surface area contributed by atoms with E-state index in [4.69, 9.17) is 0 Å². The molecule has 0 radical (unpaired) electrons. The van der Waals surface area contributed by atoms with Crippen LogP contribution in [0.15, 0.2) is 11.4 Å². The van der Waals surface area contributed by atoms with Gasteiger partial charge in [0.1, 0.15) is 0 Å². The second-order valence-corrected chi connectivity index (χ2v) is 7.43. The van der Waals surface area contributed by atoms with Gasteiger partial charge in [0.05, 0.1) is 5.92 Å². The van der Waals surface area contributed by atoms with Crippen molar-refractivity contribution < 1.29 is 4.79 Å². The largest absolute Gasteiger partial charge is 0.342 e. The third kappa shape index (κ3) is 2.09. The normalized spacial score (nSPS) is 32.8. The van der Waals surface area contributed by atoms with Gasteiger partial charge in [-0.25, -0.2) is 0 Å². The van der Waals surface area contributed by atoms with Crippen molar-refractivity contribution in [3.63, 3.8) is 0 Å². The van der Waals surface area contributed by atoms with Crippen molar-refractivity contribution in [1.82, 2.24) is 10.2 Å². The monoisotopic (exact) mass is 290 g/mol. The van der Waals surface area contributed by atoms with E-state index >= 15 is 0 Å². The molecule has 1 aromatic rings. The molecule has 2 aliphatic heterocycles. The average Bonchev–Trinajstić information content (AvgIpc) is 3.13. The number of thiophene rings is 1. The Morgan fingerprint density at radius 2 is 2.30 bits per heavy atom. The molecule has 1 N–H and O–H groups in total. The van der Waals surface area contributed by atoms with E-state index < -0.39 is 0 Å². The van der Waals surface area contributed by atoms with E-state index in [9.17, 15) is 4.79 Å². The maximum atomic E-state index is 12.9. The molecular formula is C16H22N2OS. The first-order valence-electron chi connectivity index (χ1n) is 7.91. The number of piperidine rings is 1. The summed E-state index contributed by atoms with van der Waals surface area (Å²) in [5, 5.41) is 5.73. The maximum absolute atomic E-state index is 12.9. The van der Waals surface area contributed by atoms with E-state index in [1.54, 1.807) is 0 Å². The van der Waals surface area contributed by atoms with Gasteiger partial charge < -0.3 is 10.2 Å². The Kier molecular flexibility index (Phi) is 3.31. The smallest absolute Gasteiger partial charge is 0.230 e. The first-order chi connectivity index (χ1) is 9.83. The minimum Gasteiger partial charge on any atom is -0.342 e. The Morgan fingerprint density at radius 1 is 1.35 bits per heavy atom. The molecule has 0 spiro atoms. The predicted octanol–water partition coefficient (Wildman–Crippen LogP) is 2.38. The Labute approximate surface area is 124 Å². The fraction of sp³-hybridized carbons (Fsp3) is 0.688. The highest BCUT2D eigenvalue weighted by Gasteiger charge is 2.37. The van der Waals surface area contributed by atoms with Crippen molar-refractivity contribution >= 4 is 17.2 Å². The lowest BCUT2D eigenvalue weighted by Gasteiger charge is -2.37. The van der Waals surface area contributed by atoms with Gasteiger partial charge in [-0.3, -0.25) is 4.79 Å². The molecule has 1 amide bonds. The summed E-state index contributed by atoms with van der Waals surface area (Å²) in [4.78, 5) is 16.5. The number of aryl methyl sites for hydroxylation is 1. The number of likely N-dealkylation sites (tertiary alicyclic amines) is 1. The molecule has 1 aliphatic carbocycles. The van der Waals surface area contributed by atoms with Crippen molar-refractivity contribution in [1.29, 1.82) is 0 Å². The molecule has 0 saturated carbocycles. The van der Waals surface area contributed by atoms with Crippen molar-refractivity contribution in [3.05, 3.63) is 21.9 Å². The fourth-order valence-electron chi connectivity index (χ4n) is 4.21. The molecule has 3 heterocycles. The van der Waals surface area contributed by atoms with Crippen LogP contribution in [0.4, 0.5) is 0 Å². The quantitative estimate of drug-likeness (QED) is 0.861. The summed E-state index contributed by atoms with van der Waals surface area (Å²) in [6.45, 7) is 3.06. The average molecular weight is 290 g/mol. The molecule has 108 valence electrons. The van der Waals surface area contributed by atoms with Gasteiger partial charge in [0.2, 0.25) is 5.91 Å². The van der Waals surface area contributed by atoms with Crippen molar-refractivity contribution in [3.8, 4) is 0 Å². The summed E-state index contributed by atoms with van der Waals surface area (Å²) >= 11 is 1.83. The van der Waals surface area contributed by atoms with Crippen LogP contribution in [0.1, 0.15) is 42.0 Å². The van der Waals surface area contributed by atoms with Crippen LogP contribution in [0.2, 0.25) is 0 Å². The molecular weight excluding hydrogens is 268 g/mol. The first-order valence-corrected chi connectivity index (χ1v) is 8.79. The van der Waals surface area contributed by atoms with Gasteiger partial charge in [-0.2, -0.15) is 0 Å². The number of carbonyl (C=O) groups excluding carboxylic acids is 1. The highest BCUT2D eigenvalue weighted by Crippen LogP contribution is 2.37. The summed E-state index contributed by atoms with van der Waals surface area (Å²) in [5.74, 6) is 1.24. The van der Waals surface area contributed by atoms with Gasteiger partial charge in [0.25, 0.3) is 0 Å².